The van der Waals surface area contributed by atoms with E-state index in [1.807, 2.05) is 0 Å². The van der Waals surface area contributed by atoms with E-state index >= 15 is 0 Å². The highest BCUT2D eigenvalue weighted by atomic mass is 19.3. The molecule has 1 rings (SSSR count). The molecule has 1 aromatic carbocycles. The molecule has 1 aromatic rings. The van der Waals surface area contributed by atoms with Crippen molar-refractivity contribution in [3.63, 3.8) is 0 Å². The number of nitriles is 1. The van der Waals surface area contributed by atoms with Crippen LogP contribution in [0.3, 0.4) is 0 Å². The van der Waals surface area contributed by atoms with Crippen molar-refractivity contribution in [1.82, 2.24) is 0 Å². The van der Waals surface area contributed by atoms with Gasteiger partial charge in [-0.05, 0) is 24.6 Å². The largest absolute Gasteiger partial charge is 0.462 e. The summed E-state index contributed by atoms with van der Waals surface area (Å²) < 4.78 is 33.7. The van der Waals surface area contributed by atoms with E-state index in [1.165, 1.54) is 12.1 Å². The van der Waals surface area contributed by atoms with Crippen molar-refractivity contribution in [2.24, 2.45) is 5.73 Å². The fourth-order valence-corrected chi connectivity index (χ4v) is 1.47. The van der Waals surface area contributed by atoms with Crippen LogP contribution in [0, 0.1) is 11.3 Å². The smallest absolute Gasteiger partial charge is 0.387 e. The topological polar surface area (TPSA) is 85.3 Å². The average molecular weight is 270 g/mol. The van der Waals surface area contributed by atoms with Gasteiger partial charge in [-0.15, -0.1) is 0 Å². The molecule has 0 bridgehead atoms. The van der Waals surface area contributed by atoms with Crippen LogP contribution < -0.4 is 10.5 Å². The maximum atomic E-state index is 12.3. The van der Waals surface area contributed by atoms with Crippen LogP contribution >= 0.6 is 0 Å². The van der Waals surface area contributed by atoms with E-state index in [0.29, 0.717) is 5.56 Å². The number of rotatable bonds is 5. The Balaban J connectivity index is 3.37. The lowest BCUT2D eigenvalue weighted by Crippen LogP contribution is -2.13. The summed E-state index contributed by atoms with van der Waals surface area (Å²) >= 11 is 0. The summed E-state index contributed by atoms with van der Waals surface area (Å²) in [4.78, 5) is 11.7. The van der Waals surface area contributed by atoms with Crippen LogP contribution in [0.1, 0.15) is 28.4 Å². The lowest BCUT2D eigenvalue weighted by molar-refractivity contribution is -0.0506. The van der Waals surface area contributed by atoms with E-state index < -0.39 is 18.3 Å². The molecule has 0 fully saturated rings. The van der Waals surface area contributed by atoms with Gasteiger partial charge in [0.05, 0.1) is 12.2 Å². The number of benzene rings is 1. The van der Waals surface area contributed by atoms with Gasteiger partial charge >= 0.3 is 12.6 Å². The summed E-state index contributed by atoms with van der Waals surface area (Å²) in [7, 11) is 0. The van der Waals surface area contributed by atoms with Crippen molar-refractivity contribution in [1.29, 1.82) is 5.26 Å². The molecular weight excluding hydrogens is 258 g/mol. The summed E-state index contributed by atoms with van der Waals surface area (Å²) in [5, 5.41) is 8.92. The van der Waals surface area contributed by atoms with Crippen LogP contribution in [0.4, 0.5) is 8.78 Å². The van der Waals surface area contributed by atoms with Gasteiger partial charge in [-0.2, -0.15) is 14.0 Å². The first-order valence-electron chi connectivity index (χ1n) is 5.42. The van der Waals surface area contributed by atoms with Crippen LogP contribution in [-0.2, 0) is 11.3 Å². The normalized spacial score (nSPS) is 10.1. The number of ether oxygens (including phenoxy) is 2. The molecule has 0 aliphatic heterocycles. The minimum absolute atomic E-state index is 0.0516. The Labute approximate surface area is 108 Å². The van der Waals surface area contributed by atoms with Crippen molar-refractivity contribution >= 4 is 5.97 Å². The second-order valence-electron chi connectivity index (χ2n) is 3.43. The van der Waals surface area contributed by atoms with Crippen LogP contribution in [0.2, 0.25) is 0 Å². The van der Waals surface area contributed by atoms with E-state index in [9.17, 15) is 13.6 Å². The number of hydrogen-bond acceptors (Lipinski definition) is 5. The van der Waals surface area contributed by atoms with Gasteiger partial charge in [-0.3, -0.25) is 0 Å². The highest BCUT2D eigenvalue weighted by molar-refractivity contribution is 5.93. The average Bonchev–Trinajstić information content (AvgIpc) is 2.38. The summed E-state index contributed by atoms with van der Waals surface area (Å²) in [5.74, 6) is -1.34. The fraction of sp³-hybridized carbons (Fsp3) is 0.333. The van der Waals surface area contributed by atoms with E-state index in [1.54, 1.807) is 13.0 Å². The lowest BCUT2D eigenvalue weighted by Gasteiger charge is -2.13. The molecule has 19 heavy (non-hydrogen) atoms. The molecule has 0 saturated carbocycles. The third-order valence-corrected chi connectivity index (χ3v) is 2.21. The summed E-state index contributed by atoms with van der Waals surface area (Å²) in [6.45, 7) is -1.45. The quantitative estimate of drug-likeness (QED) is 0.824. The molecule has 0 spiro atoms. The Hall–Kier alpha value is -2.20. The molecule has 0 heterocycles. The third kappa shape index (κ3) is 3.63. The van der Waals surface area contributed by atoms with Crippen molar-refractivity contribution < 1.29 is 23.0 Å². The lowest BCUT2D eigenvalue weighted by atomic mass is 10.0. The SMILES string of the molecule is CCOC(=O)c1cc(CN)cc(C#N)c1OC(F)F. The zero-order chi connectivity index (χ0) is 14.4. The van der Waals surface area contributed by atoms with E-state index in [4.69, 9.17) is 15.7 Å². The number of nitrogens with zero attached hydrogens (tertiary/aromatic N) is 1. The van der Waals surface area contributed by atoms with Crippen molar-refractivity contribution in [3.05, 3.63) is 28.8 Å². The molecule has 0 aromatic heterocycles. The van der Waals surface area contributed by atoms with Crippen molar-refractivity contribution in [3.8, 4) is 11.8 Å². The van der Waals surface area contributed by atoms with Gasteiger partial charge < -0.3 is 15.2 Å². The minimum Gasteiger partial charge on any atom is -0.462 e. The molecule has 0 atom stereocenters. The molecule has 2 N–H and O–H groups in total. The molecular formula is C12H12F2N2O3. The van der Waals surface area contributed by atoms with E-state index in [0.717, 1.165) is 0 Å². The first-order chi connectivity index (χ1) is 9.03. The first-order valence-corrected chi connectivity index (χ1v) is 5.42. The standard InChI is InChI=1S/C12H12F2N2O3/c1-2-18-11(17)9-4-7(5-15)3-8(6-16)10(9)19-12(13)14/h3-4,12H,2,5,15H2,1H3. The second-order valence-corrected chi connectivity index (χ2v) is 3.43. The number of hydrogen-bond donors (Lipinski definition) is 1. The number of carbonyl (C=O) groups excluding carboxylic acids is 1. The Morgan fingerprint density at radius 3 is 2.68 bits per heavy atom. The van der Waals surface area contributed by atoms with E-state index in [2.05, 4.69) is 4.74 Å². The summed E-state index contributed by atoms with van der Waals surface area (Å²) in [6, 6.07) is 4.26. The highest BCUT2D eigenvalue weighted by Crippen LogP contribution is 2.28. The molecule has 7 heteroatoms. The molecule has 0 aliphatic carbocycles. The van der Waals surface area contributed by atoms with Gasteiger partial charge in [0.15, 0.2) is 5.75 Å². The number of alkyl halides is 2. The zero-order valence-corrected chi connectivity index (χ0v) is 10.2. The summed E-state index contributed by atoms with van der Waals surface area (Å²) in [5.41, 5.74) is 5.44. The maximum Gasteiger partial charge on any atom is 0.387 e. The molecule has 0 unspecified atom stereocenters. The van der Waals surface area contributed by atoms with Gasteiger partial charge in [0.1, 0.15) is 11.6 Å². The third-order valence-electron chi connectivity index (χ3n) is 2.21. The van der Waals surface area contributed by atoms with Gasteiger partial charge in [0.2, 0.25) is 0 Å². The van der Waals surface area contributed by atoms with Crippen LogP contribution in [0.25, 0.3) is 0 Å². The van der Waals surface area contributed by atoms with Crippen LogP contribution in [-0.4, -0.2) is 19.2 Å². The Morgan fingerprint density at radius 1 is 1.53 bits per heavy atom. The van der Waals surface area contributed by atoms with Crippen molar-refractivity contribution in [2.45, 2.75) is 20.1 Å². The number of esters is 1. The summed E-state index contributed by atoms with van der Waals surface area (Å²) in [6.07, 6.45) is 0. The fourth-order valence-electron chi connectivity index (χ4n) is 1.47. The van der Waals surface area contributed by atoms with Crippen LogP contribution in [0.15, 0.2) is 12.1 Å². The Kier molecular flexibility index (Phi) is 5.21. The molecule has 0 saturated heterocycles. The molecule has 102 valence electrons. The zero-order valence-electron chi connectivity index (χ0n) is 10.2. The van der Waals surface area contributed by atoms with Gasteiger partial charge in [-0.25, -0.2) is 4.79 Å². The molecule has 0 amide bonds. The maximum absolute atomic E-state index is 12.3. The van der Waals surface area contributed by atoms with Crippen LogP contribution in [0.5, 0.6) is 5.75 Å². The second kappa shape index (κ2) is 6.66. The van der Waals surface area contributed by atoms with Gasteiger partial charge in [-0.1, -0.05) is 0 Å². The highest BCUT2D eigenvalue weighted by Gasteiger charge is 2.21. The molecule has 0 aliphatic rings. The number of nitrogens with two attached hydrogens (primary N) is 1. The Morgan fingerprint density at radius 2 is 2.21 bits per heavy atom. The van der Waals surface area contributed by atoms with Gasteiger partial charge in [0.25, 0.3) is 0 Å². The Bertz CT molecular complexity index is 512. The molecule has 5 nitrogen and oxygen atoms in total. The van der Waals surface area contributed by atoms with Gasteiger partial charge in [0, 0.05) is 6.54 Å². The monoisotopic (exact) mass is 270 g/mol. The molecule has 0 radical (unpaired) electrons. The minimum atomic E-state index is -3.15. The van der Waals surface area contributed by atoms with Crippen molar-refractivity contribution in [2.75, 3.05) is 6.61 Å². The predicted octanol–water partition coefficient (Wildman–Crippen LogP) is 1.80. The number of halogens is 2. The number of carbonyl (C=O) groups is 1. The first kappa shape index (κ1) is 14.9. The van der Waals surface area contributed by atoms with E-state index in [-0.39, 0.29) is 24.3 Å². The predicted molar refractivity (Wildman–Crippen MR) is 61.6 cm³/mol.